The van der Waals surface area contributed by atoms with Gasteiger partial charge in [0.05, 0.1) is 7.11 Å². The lowest BCUT2D eigenvalue weighted by Gasteiger charge is -2.24. The maximum absolute atomic E-state index is 11.7. The number of ether oxygens (including phenoxy) is 1. The van der Waals surface area contributed by atoms with Crippen LogP contribution in [-0.4, -0.2) is 25.1 Å². The van der Waals surface area contributed by atoms with Crippen LogP contribution in [0, 0.1) is 0 Å². The fourth-order valence-corrected chi connectivity index (χ4v) is 1.54. The number of rotatable bonds is 6. The average Bonchev–Trinajstić information content (AvgIpc) is 2.36. The Kier molecular flexibility index (Phi) is 7.49. The number of carbonyl (C=O) groups is 1. The third kappa shape index (κ3) is 6.45. The van der Waals surface area contributed by atoms with Crippen molar-refractivity contribution in [3.63, 3.8) is 0 Å². The summed E-state index contributed by atoms with van der Waals surface area (Å²) in [5.41, 5.74) is 6.35. The molecule has 0 bridgehead atoms. The lowest BCUT2D eigenvalue weighted by atomic mass is 10.0. The fraction of sp³-hybridized carbons (Fsp3) is 0.500. The van der Waals surface area contributed by atoms with Gasteiger partial charge in [0.1, 0.15) is 5.75 Å². The summed E-state index contributed by atoms with van der Waals surface area (Å²) in [6, 6.07) is 7.74. The molecule has 19 heavy (non-hydrogen) atoms. The van der Waals surface area contributed by atoms with Gasteiger partial charge in [-0.15, -0.1) is 12.4 Å². The summed E-state index contributed by atoms with van der Waals surface area (Å²) in [5, 5.41) is 2.91. The molecule has 0 aliphatic carbocycles. The monoisotopic (exact) mass is 286 g/mol. The van der Waals surface area contributed by atoms with Crippen LogP contribution in [0.3, 0.4) is 0 Å². The average molecular weight is 287 g/mol. The molecule has 5 heteroatoms. The molecule has 3 N–H and O–H groups in total. The van der Waals surface area contributed by atoms with Gasteiger partial charge in [-0.1, -0.05) is 12.1 Å². The van der Waals surface area contributed by atoms with Crippen LogP contribution >= 0.6 is 12.4 Å². The van der Waals surface area contributed by atoms with E-state index in [9.17, 15) is 4.79 Å². The van der Waals surface area contributed by atoms with Crippen molar-refractivity contribution >= 4 is 18.3 Å². The van der Waals surface area contributed by atoms with Crippen LogP contribution in [0.4, 0.5) is 0 Å². The number of hydrogen-bond acceptors (Lipinski definition) is 3. The second kappa shape index (κ2) is 8.02. The van der Waals surface area contributed by atoms with E-state index in [0.29, 0.717) is 13.0 Å². The Morgan fingerprint density at radius 1 is 1.32 bits per heavy atom. The Morgan fingerprint density at radius 2 is 1.89 bits per heavy atom. The maximum atomic E-state index is 11.7. The molecule has 0 aliphatic heterocycles. The van der Waals surface area contributed by atoms with Crippen molar-refractivity contribution in [3.05, 3.63) is 29.8 Å². The van der Waals surface area contributed by atoms with Crippen molar-refractivity contribution in [1.29, 1.82) is 0 Å². The first-order chi connectivity index (χ1) is 8.46. The van der Waals surface area contributed by atoms with Crippen LogP contribution in [0.1, 0.15) is 25.8 Å². The van der Waals surface area contributed by atoms with Gasteiger partial charge < -0.3 is 15.8 Å². The van der Waals surface area contributed by atoms with E-state index < -0.39 is 0 Å². The standard InChI is InChI=1S/C14H22N2O2.ClH/c1-14(2,10-15)16-13(17)9-6-11-4-7-12(18-3)8-5-11;/h4-5,7-8H,6,9-10,15H2,1-3H3,(H,16,17);1H. The summed E-state index contributed by atoms with van der Waals surface area (Å²) in [6.07, 6.45) is 1.19. The number of hydrogen-bond donors (Lipinski definition) is 2. The Bertz CT molecular complexity index is 391. The van der Waals surface area contributed by atoms with Crippen molar-refractivity contribution in [1.82, 2.24) is 5.32 Å². The molecular formula is C14H23ClN2O2. The smallest absolute Gasteiger partial charge is 0.220 e. The van der Waals surface area contributed by atoms with Crippen molar-refractivity contribution in [2.24, 2.45) is 5.73 Å². The summed E-state index contributed by atoms with van der Waals surface area (Å²) >= 11 is 0. The molecule has 0 saturated carbocycles. The van der Waals surface area contributed by atoms with E-state index in [1.807, 2.05) is 38.1 Å². The second-order valence-electron chi connectivity index (χ2n) is 4.98. The lowest BCUT2D eigenvalue weighted by Crippen LogP contribution is -2.48. The molecule has 0 fully saturated rings. The van der Waals surface area contributed by atoms with E-state index in [-0.39, 0.29) is 23.9 Å². The van der Waals surface area contributed by atoms with E-state index in [1.165, 1.54) is 0 Å². The third-order valence-corrected chi connectivity index (χ3v) is 2.79. The molecule has 4 nitrogen and oxygen atoms in total. The van der Waals surface area contributed by atoms with Crippen LogP contribution in [-0.2, 0) is 11.2 Å². The summed E-state index contributed by atoms with van der Waals surface area (Å²) in [7, 11) is 1.64. The number of methoxy groups -OCH3 is 1. The number of nitrogens with two attached hydrogens (primary N) is 1. The van der Waals surface area contributed by atoms with Gasteiger partial charge >= 0.3 is 0 Å². The number of amides is 1. The molecule has 1 aromatic carbocycles. The molecule has 0 radical (unpaired) electrons. The van der Waals surface area contributed by atoms with Gasteiger partial charge in [-0.25, -0.2) is 0 Å². The van der Waals surface area contributed by atoms with Gasteiger partial charge in [0, 0.05) is 18.5 Å². The van der Waals surface area contributed by atoms with E-state index in [4.69, 9.17) is 10.5 Å². The van der Waals surface area contributed by atoms with E-state index in [1.54, 1.807) is 7.11 Å². The minimum absolute atomic E-state index is 0. The van der Waals surface area contributed by atoms with Crippen molar-refractivity contribution in [3.8, 4) is 5.75 Å². The van der Waals surface area contributed by atoms with Crippen LogP contribution in [0.25, 0.3) is 0 Å². The minimum atomic E-state index is -0.336. The van der Waals surface area contributed by atoms with Gasteiger partial charge in [0.2, 0.25) is 5.91 Å². The Labute approximate surface area is 121 Å². The van der Waals surface area contributed by atoms with Crippen LogP contribution in [0.2, 0.25) is 0 Å². The van der Waals surface area contributed by atoms with Crippen LogP contribution in [0.5, 0.6) is 5.75 Å². The lowest BCUT2D eigenvalue weighted by molar-refractivity contribution is -0.122. The van der Waals surface area contributed by atoms with Gasteiger partial charge in [-0.3, -0.25) is 4.79 Å². The topological polar surface area (TPSA) is 64.3 Å². The molecule has 0 spiro atoms. The first-order valence-electron chi connectivity index (χ1n) is 6.11. The summed E-state index contributed by atoms with van der Waals surface area (Å²) in [6.45, 7) is 4.26. The van der Waals surface area contributed by atoms with Crippen molar-refractivity contribution in [2.75, 3.05) is 13.7 Å². The summed E-state index contributed by atoms with van der Waals surface area (Å²) in [5.74, 6) is 0.855. The fourth-order valence-electron chi connectivity index (χ4n) is 1.54. The molecule has 0 atom stereocenters. The molecule has 108 valence electrons. The normalized spacial score (nSPS) is 10.5. The molecular weight excluding hydrogens is 264 g/mol. The summed E-state index contributed by atoms with van der Waals surface area (Å²) in [4.78, 5) is 11.7. The molecule has 0 aromatic heterocycles. The third-order valence-electron chi connectivity index (χ3n) is 2.79. The first-order valence-corrected chi connectivity index (χ1v) is 6.11. The zero-order valence-corrected chi connectivity index (χ0v) is 12.5. The zero-order valence-electron chi connectivity index (χ0n) is 11.7. The number of benzene rings is 1. The largest absolute Gasteiger partial charge is 0.497 e. The molecule has 0 heterocycles. The highest BCUT2D eigenvalue weighted by atomic mass is 35.5. The Hall–Kier alpha value is -1.26. The zero-order chi connectivity index (χ0) is 13.6. The van der Waals surface area contributed by atoms with E-state index in [0.717, 1.165) is 17.7 Å². The molecule has 0 aliphatic rings. The van der Waals surface area contributed by atoms with Gasteiger partial charge in [0.25, 0.3) is 0 Å². The highest BCUT2D eigenvalue weighted by Gasteiger charge is 2.17. The van der Waals surface area contributed by atoms with Gasteiger partial charge in [-0.2, -0.15) is 0 Å². The maximum Gasteiger partial charge on any atom is 0.220 e. The SMILES string of the molecule is COc1ccc(CCC(=O)NC(C)(C)CN)cc1.Cl. The highest BCUT2D eigenvalue weighted by Crippen LogP contribution is 2.12. The summed E-state index contributed by atoms with van der Waals surface area (Å²) < 4.78 is 5.08. The Balaban J connectivity index is 0.00000324. The molecule has 1 aromatic rings. The van der Waals surface area contributed by atoms with Gasteiger partial charge in [-0.05, 0) is 38.0 Å². The predicted molar refractivity (Wildman–Crippen MR) is 79.8 cm³/mol. The Morgan fingerprint density at radius 3 is 2.37 bits per heavy atom. The number of nitrogens with one attached hydrogen (secondary N) is 1. The van der Waals surface area contributed by atoms with Crippen molar-refractivity contribution < 1.29 is 9.53 Å². The minimum Gasteiger partial charge on any atom is -0.497 e. The molecule has 0 unspecified atom stereocenters. The van der Waals surface area contributed by atoms with Crippen molar-refractivity contribution in [2.45, 2.75) is 32.2 Å². The van der Waals surface area contributed by atoms with Gasteiger partial charge in [0.15, 0.2) is 0 Å². The quantitative estimate of drug-likeness (QED) is 0.839. The first kappa shape index (κ1) is 17.7. The van der Waals surface area contributed by atoms with Crippen LogP contribution in [0.15, 0.2) is 24.3 Å². The van der Waals surface area contributed by atoms with E-state index >= 15 is 0 Å². The molecule has 1 rings (SSSR count). The van der Waals surface area contributed by atoms with E-state index in [2.05, 4.69) is 5.32 Å². The number of carbonyl (C=O) groups excluding carboxylic acids is 1. The predicted octanol–water partition coefficient (Wildman–Crippen LogP) is 1.90. The van der Waals surface area contributed by atoms with Crippen LogP contribution < -0.4 is 15.8 Å². The number of halogens is 1. The number of aryl methyl sites for hydroxylation is 1. The second-order valence-corrected chi connectivity index (χ2v) is 4.98. The molecule has 1 amide bonds. The highest BCUT2D eigenvalue weighted by molar-refractivity contribution is 5.85. The molecule has 0 saturated heterocycles.